The summed E-state index contributed by atoms with van der Waals surface area (Å²) in [6, 6.07) is 7.85. The van der Waals surface area contributed by atoms with E-state index in [1.165, 1.54) is 25.6 Å². The SMILES string of the molecule is O=C(c1ccccc1Cn1cncn1)N1CCCC2(CC2)C1. The molecule has 114 valence electrons. The fourth-order valence-electron chi connectivity index (χ4n) is 3.49. The van der Waals surface area contributed by atoms with Crippen LogP contribution in [0.3, 0.4) is 0 Å². The van der Waals surface area contributed by atoms with Gasteiger partial charge in [-0.15, -0.1) is 0 Å². The second kappa shape index (κ2) is 5.23. The molecule has 1 aromatic heterocycles. The lowest BCUT2D eigenvalue weighted by atomic mass is 9.94. The van der Waals surface area contributed by atoms with Crippen molar-refractivity contribution in [1.82, 2.24) is 19.7 Å². The molecule has 0 atom stereocenters. The highest BCUT2D eigenvalue weighted by molar-refractivity contribution is 5.95. The fraction of sp³-hybridized carbons (Fsp3) is 0.471. The van der Waals surface area contributed by atoms with E-state index >= 15 is 0 Å². The quantitative estimate of drug-likeness (QED) is 0.873. The van der Waals surface area contributed by atoms with Gasteiger partial charge in [0.25, 0.3) is 5.91 Å². The van der Waals surface area contributed by atoms with Gasteiger partial charge in [0.1, 0.15) is 12.7 Å². The van der Waals surface area contributed by atoms with Gasteiger partial charge in [0.15, 0.2) is 0 Å². The summed E-state index contributed by atoms with van der Waals surface area (Å²) in [6.07, 6.45) is 8.20. The molecule has 1 amide bonds. The molecular formula is C17H20N4O. The van der Waals surface area contributed by atoms with Crippen molar-refractivity contribution in [1.29, 1.82) is 0 Å². The highest BCUT2D eigenvalue weighted by atomic mass is 16.2. The highest BCUT2D eigenvalue weighted by Crippen LogP contribution is 2.52. The molecular weight excluding hydrogens is 276 g/mol. The van der Waals surface area contributed by atoms with Crippen LogP contribution >= 0.6 is 0 Å². The average molecular weight is 296 g/mol. The van der Waals surface area contributed by atoms with Crippen molar-refractivity contribution in [2.24, 2.45) is 5.41 Å². The molecule has 2 heterocycles. The maximum atomic E-state index is 12.9. The van der Waals surface area contributed by atoms with Crippen molar-refractivity contribution in [3.8, 4) is 0 Å². The molecule has 1 saturated carbocycles. The van der Waals surface area contributed by atoms with E-state index in [-0.39, 0.29) is 5.91 Å². The van der Waals surface area contributed by atoms with Crippen LogP contribution in [0.5, 0.6) is 0 Å². The summed E-state index contributed by atoms with van der Waals surface area (Å²) in [5, 5.41) is 4.14. The number of aromatic nitrogens is 3. The van der Waals surface area contributed by atoms with Crippen LogP contribution in [-0.4, -0.2) is 38.7 Å². The Bertz CT molecular complexity index is 676. The second-order valence-corrected chi connectivity index (χ2v) is 6.58. The molecule has 0 unspecified atom stereocenters. The van der Waals surface area contributed by atoms with Crippen molar-refractivity contribution in [3.63, 3.8) is 0 Å². The lowest BCUT2D eigenvalue weighted by Gasteiger charge is -2.33. The molecule has 4 rings (SSSR count). The van der Waals surface area contributed by atoms with Crippen LogP contribution in [0.1, 0.15) is 41.6 Å². The van der Waals surface area contributed by atoms with Crippen molar-refractivity contribution >= 4 is 5.91 Å². The number of amides is 1. The van der Waals surface area contributed by atoms with Crippen LogP contribution in [0, 0.1) is 5.41 Å². The van der Waals surface area contributed by atoms with E-state index in [4.69, 9.17) is 0 Å². The summed E-state index contributed by atoms with van der Waals surface area (Å²) in [4.78, 5) is 19.0. The number of piperidine rings is 1. The van der Waals surface area contributed by atoms with Gasteiger partial charge in [-0.05, 0) is 42.7 Å². The Morgan fingerprint density at radius 1 is 1.23 bits per heavy atom. The molecule has 1 spiro atoms. The minimum atomic E-state index is 0.168. The predicted octanol–water partition coefficient (Wildman–Crippen LogP) is 2.34. The summed E-state index contributed by atoms with van der Waals surface area (Å²) in [5.74, 6) is 0.168. The maximum Gasteiger partial charge on any atom is 0.254 e. The molecule has 2 fully saturated rings. The number of carbonyl (C=O) groups is 1. The van der Waals surface area contributed by atoms with Gasteiger partial charge >= 0.3 is 0 Å². The molecule has 0 bridgehead atoms. The third-order valence-electron chi connectivity index (χ3n) is 4.95. The Labute approximate surface area is 130 Å². The Balaban J connectivity index is 1.57. The van der Waals surface area contributed by atoms with Crippen LogP contribution in [-0.2, 0) is 6.54 Å². The standard InChI is InChI=1S/C17H20N4O/c22-16(20-9-3-6-17(11-20)7-8-17)15-5-2-1-4-14(15)10-21-13-18-12-19-21/h1-2,4-5,12-13H,3,6-11H2. The summed E-state index contributed by atoms with van der Waals surface area (Å²) >= 11 is 0. The number of benzene rings is 1. The molecule has 0 N–H and O–H groups in total. The number of hydrogen-bond donors (Lipinski definition) is 0. The van der Waals surface area contributed by atoms with E-state index in [1.54, 1.807) is 11.0 Å². The molecule has 2 aliphatic rings. The Morgan fingerprint density at radius 2 is 2.09 bits per heavy atom. The molecule has 0 radical (unpaired) electrons. The Morgan fingerprint density at radius 3 is 2.86 bits per heavy atom. The largest absolute Gasteiger partial charge is 0.338 e. The van der Waals surface area contributed by atoms with Crippen LogP contribution in [0.25, 0.3) is 0 Å². The Hall–Kier alpha value is -2.17. The first kappa shape index (κ1) is 13.5. The molecule has 1 aliphatic heterocycles. The monoisotopic (exact) mass is 296 g/mol. The fourth-order valence-corrected chi connectivity index (χ4v) is 3.49. The van der Waals surface area contributed by atoms with Crippen molar-refractivity contribution in [3.05, 3.63) is 48.0 Å². The van der Waals surface area contributed by atoms with Gasteiger partial charge in [0.05, 0.1) is 6.54 Å². The number of rotatable bonds is 3. The topological polar surface area (TPSA) is 51.0 Å². The molecule has 22 heavy (non-hydrogen) atoms. The first-order valence-electron chi connectivity index (χ1n) is 7.95. The van der Waals surface area contributed by atoms with E-state index in [1.807, 2.05) is 24.3 Å². The summed E-state index contributed by atoms with van der Waals surface area (Å²) in [5.41, 5.74) is 2.26. The zero-order valence-corrected chi connectivity index (χ0v) is 12.6. The van der Waals surface area contributed by atoms with Gasteiger partial charge < -0.3 is 4.90 Å². The van der Waals surface area contributed by atoms with Gasteiger partial charge in [0.2, 0.25) is 0 Å². The van der Waals surface area contributed by atoms with E-state index in [2.05, 4.69) is 15.0 Å². The number of nitrogens with zero attached hydrogens (tertiary/aromatic N) is 4. The van der Waals surface area contributed by atoms with E-state index in [0.29, 0.717) is 12.0 Å². The minimum absolute atomic E-state index is 0.168. The van der Waals surface area contributed by atoms with Crippen LogP contribution in [0.4, 0.5) is 0 Å². The van der Waals surface area contributed by atoms with Crippen LogP contribution in [0.15, 0.2) is 36.9 Å². The van der Waals surface area contributed by atoms with Crippen molar-refractivity contribution in [2.75, 3.05) is 13.1 Å². The van der Waals surface area contributed by atoms with Gasteiger partial charge in [0, 0.05) is 18.7 Å². The molecule has 5 nitrogen and oxygen atoms in total. The first-order valence-corrected chi connectivity index (χ1v) is 7.95. The summed E-state index contributed by atoms with van der Waals surface area (Å²) in [6.45, 7) is 2.41. The summed E-state index contributed by atoms with van der Waals surface area (Å²) < 4.78 is 1.75. The second-order valence-electron chi connectivity index (χ2n) is 6.58. The normalized spacial score (nSPS) is 19.4. The number of hydrogen-bond acceptors (Lipinski definition) is 3. The van der Waals surface area contributed by atoms with Crippen molar-refractivity contribution in [2.45, 2.75) is 32.2 Å². The molecule has 1 saturated heterocycles. The average Bonchev–Trinajstić information content (AvgIpc) is 3.08. The third kappa shape index (κ3) is 2.51. The van der Waals surface area contributed by atoms with Gasteiger partial charge in [-0.2, -0.15) is 5.10 Å². The van der Waals surface area contributed by atoms with Gasteiger partial charge in [-0.1, -0.05) is 18.2 Å². The third-order valence-corrected chi connectivity index (χ3v) is 4.95. The summed E-state index contributed by atoms with van der Waals surface area (Å²) in [7, 11) is 0. The Kier molecular flexibility index (Phi) is 3.21. The van der Waals surface area contributed by atoms with E-state index in [0.717, 1.165) is 30.6 Å². The predicted molar refractivity (Wildman–Crippen MR) is 82.4 cm³/mol. The van der Waals surface area contributed by atoms with E-state index in [9.17, 15) is 4.79 Å². The van der Waals surface area contributed by atoms with Crippen molar-refractivity contribution < 1.29 is 4.79 Å². The molecule has 5 heteroatoms. The molecule has 1 aromatic carbocycles. The molecule has 2 aromatic rings. The van der Waals surface area contributed by atoms with Gasteiger partial charge in [-0.25, -0.2) is 9.67 Å². The molecule has 1 aliphatic carbocycles. The lowest BCUT2D eigenvalue weighted by Crippen LogP contribution is -2.41. The lowest BCUT2D eigenvalue weighted by molar-refractivity contribution is 0.0653. The number of likely N-dealkylation sites (tertiary alicyclic amines) is 1. The highest BCUT2D eigenvalue weighted by Gasteiger charge is 2.46. The first-order chi connectivity index (χ1) is 10.8. The zero-order chi connectivity index (χ0) is 15.0. The minimum Gasteiger partial charge on any atom is -0.338 e. The zero-order valence-electron chi connectivity index (χ0n) is 12.6. The maximum absolute atomic E-state index is 12.9. The number of carbonyl (C=O) groups excluding carboxylic acids is 1. The van der Waals surface area contributed by atoms with Crippen LogP contribution in [0.2, 0.25) is 0 Å². The smallest absolute Gasteiger partial charge is 0.254 e. The van der Waals surface area contributed by atoms with Crippen LogP contribution < -0.4 is 0 Å². The van der Waals surface area contributed by atoms with E-state index < -0.39 is 0 Å². The van der Waals surface area contributed by atoms with Gasteiger partial charge in [-0.3, -0.25) is 4.79 Å².